The maximum atomic E-state index is 14.6. The van der Waals surface area contributed by atoms with Crippen LogP contribution in [0.1, 0.15) is 24.7 Å². The van der Waals surface area contributed by atoms with Crippen LogP contribution in [-0.4, -0.2) is 32.1 Å². The number of alkyl halides is 3. The Labute approximate surface area is 189 Å². The van der Waals surface area contributed by atoms with E-state index in [2.05, 4.69) is 15.5 Å². The number of para-hydroxylation sites is 1. The fourth-order valence-electron chi connectivity index (χ4n) is 2.94. The third-order valence-electron chi connectivity index (χ3n) is 4.43. The summed E-state index contributed by atoms with van der Waals surface area (Å²) in [7, 11) is 0. The zero-order valence-electron chi connectivity index (χ0n) is 17.1. The summed E-state index contributed by atoms with van der Waals surface area (Å²) in [5, 5.41) is 22.1. The van der Waals surface area contributed by atoms with Gasteiger partial charge in [-0.15, -0.1) is 10.2 Å². The molecule has 0 aliphatic rings. The topological polar surface area (TPSA) is 103 Å². The largest absolute Gasteiger partial charge is 0.416 e. The number of carbonyl (C=O) groups excluding carboxylic acids is 1. The maximum Gasteiger partial charge on any atom is 0.416 e. The Morgan fingerprint density at radius 3 is 2.58 bits per heavy atom. The highest BCUT2D eigenvalue weighted by Crippen LogP contribution is 2.39. The molecule has 1 N–H and O–H groups in total. The molecule has 1 aromatic heterocycles. The van der Waals surface area contributed by atoms with Crippen molar-refractivity contribution in [1.29, 1.82) is 0 Å². The second-order valence-corrected chi connectivity index (χ2v) is 7.82. The highest BCUT2D eigenvalue weighted by molar-refractivity contribution is 7.99. The number of halogens is 4. The van der Waals surface area contributed by atoms with Gasteiger partial charge >= 0.3 is 6.18 Å². The number of hydrogen-bond donors (Lipinski definition) is 1. The first-order chi connectivity index (χ1) is 15.6. The fraction of sp³-hybridized carbons (Fsp3) is 0.250. The van der Waals surface area contributed by atoms with Gasteiger partial charge in [0.2, 0.25) is 11.1 Å². The van der Waals surface area contributed by atoms with Crippen molar-refractivity contribution in [3.05, 3.63) is 69.8 Å². The molecule has 0 aliphatic carbocycles. The average Bonchev–Trinajstić information content (AvgIpc) is 3.13. The van der Waals surface area contributed by atoms with Gasteiger partial charge in [-0.2, -0.15) is 13.2 Å². The Kier molecular flexibility index (Phi) is 7.31. The number of nitro benzene ring substituents is 1. The zero-order valence-corrected chi connectivity index (χ0v) is 17.9. The van der Waals surface area contributed by atoms with Crippen LogP contribution in [0.15, 0.2) is 52.5 Å². The minimum atomic E-state index is -4.75. The third-order valence-corrected chi connectivity index (χ3v) is 5.44. The molecule has 33 heavy (non-hydrogen) atoms. The lowest BCUT2D eigenvalue weighted by molar-refractivity contribution is -0.388. The molecule has 8 nitrogen and oxygen atoms in total. The number of aromatic nitrogens is 3. The molecule has 0 spiro atoms. The minimum absolute atomic E-state index is 0.0393. The van der Waals surface area contributed by atoms with Crippen LogP contribution in [-0.2, 0) is 17.4 Å². The smallest absolute Gasteiger partial charge is 0.356 e. The second-order valence-electron chi connectivity index (χ2n) is 6.81. The van der Waals surface area contributed by atoms with Crippen molar-refractivity contribution in [2.75, 3.05) is 6.54 Å². The van der Waals surface area contributed by atoms with E-state index in [9.17, 15) is 32.5 Å². The van der Waals surface area contributed by atoms with Crippen LogP contribution >= 0.6 is 11.8 Å². The summed E-state index contributed by atoms with van der Waals surface area (Å²) in [6.07, 6.45) is -4.00. The van der Waals surface area contributed by atoms with Crippen molar-refractivity contribution >= 4 is 23.4 Å². The van der Waals surface area contributed by atoms with Crippen molar-refractivity contribution in [3.8, 4) is 5.69 Å². The van der Waals surface area contributed by atoms with Crippen molar-refractivity contribution in [1.82, 2.24) is 20.1 Å². The summed E-state index contributed by atoms with van der Waals surface area (Å²) in [6.45, 7) is 1.71. The molecule has 0 saturated carbocycles. The molecule has 0 radical (unpaired) electrons. The van der Waals surface area contributed by atoms with Crippen molar-refractivity contribution in [2.45, 2.75) is 36.0 Å². The number of carbonyl (C=O) groups is 1. The highest BCUT2D eigenvalue weighted by Gasteiger charge is 2.33. The Hall–Kier alpha value is -3.48. The van der Waals surface area contributed by atoms with Gasteiger partial charge in [-0.3, -0.25) is 19.5 Å². The van der Waals surface area contributed by atoms with Gasteiger partial charge in [0.25, 0.3) is 5.69 Å². The van der Waals surface area contributed by atoms with Gasteiger partial charge < -0.3 is 5.32 Å². The first kappa shape index (κ1) is 24.2. The zero-order chi connectivity index (χ0) is 24.2. The molecule has 1 heterocycles. The van der Waals surface area contributed by atoms with Crippen LogP contribution in [0.3, 0.4) is 0 Å². The van der Waals surface area contributed by atoms with Crippen LogP contribution in [0.4, 0.5) is 23.2 Å². The molecule has 1 amide bonds. The van der Waals surface area contributed by atoms with E-state index >= 15 is 0 Å². The molecule has 174 valence electrons. The van der Waals surface area contributed by atoms with Gasteiger partial charge in [0.05, 0.1) is 21.1 Å². The number of nitro groups is 1. The van der Waals surface area contributed by atoms with Crippen LogP contribution < -0.4 is 5.32 Å². The molecule has 0 bridgehead atoms. The molecule has 0 atom stereocenters. The first-order valence-electron chi connectivity index (χ1n) is 9.55. The molecular formula is C20H17F4N5O3S. The summed E-state index contributed by atoms with van der Waals surface area (Å²) < 4.78 is 54.9. The lowest BCUT2D eigenvalue weighted by atomic mass is 10.2. The predicted molar refractivity (Wildman–Crippen MR) is 111 cm³/mol. The summed E-state index contributed by atoms with van der Waals surface area (Å²) in [4.78, 5) is 21.4. The summed E-state index contributed by atoms with van der Waals surface area (Å²) in [6, 6.07) is 7.88. The monoisotopic (exact) mass is 483 g/mol. The number of nitrogens with one attached hydrogen (secondary N) is 1. The van der Waals surface area contributed by atoms with Crippen LogP contribution in [0.2, 0.25) is 0 Å². The standard InChI is InChI=1S/C20H17F4N5O3S/c1-12(30)25-10-4-7-18-26-27-19(28(18)15-6-3-2-5-14(15)21)33-17-9-8-13(20(22,23)24)11-16(17)29(31)32/h2-3,5-6,8-9,11H,4,7,10H2,1H3,(H,25,30). The fourth-order valence-corrected chi connectivity index (χ4v) is 3.88. The van der Waals surface area contributed by atoms with Crippen LogP contribution in [0.25, 0.3) is 5.69 Å². The number of amides is 1. The molecule has 0 unspecified atom stereocenters. The molecular weight excluding hydrogens is 466 g/mol. The van der Waals surface area contributed by atoms with Crippen molar-refractivity contribution < 1.29 is 27.3 Å². The number of aryl methyl sites for hydroxylation is 1. The lowest BCUT2D eigenvalue weighted by Crippen LogP contribution is -2.21. The summed E-state index contributed by atoms with van der Waals surface area (Å²) in [5.74, 6) is -0.497. The van der Waals surface area contributed by atoms with E-state index in [1.165, 1.54) is 29.7 Å². The SMILES string of the molecule is CC(=O)NCCCc1nnc(Sc2ccc(C(F)(F)F)cc2[N+](=O)[O-])n1-c1ccccc1F. The third kappa shape index (κ3) is 5.86. The molecule has 13 heteroatoms. The quantitative estimate of drug-likeness (QED) is 0.218. The molecule has 0 fully saturated rings. The van der Waals surface area contributed by atoms with Gasteiger partial charge in [-0.25, -0.2) is 4.39 Å². The Morgan fingerprint density at radius 1 is 1.21 bits per heavy atom. The van der Waals surface area contributed by atoms with Gasteiger partial charge in [0.1, 0.15) is 11.6 Å². The van der Waals surface area contributed by atoms with Crippen LogP contribution in [0.5, 0.6) is 0 Å². The van der Waals surface area contributed by atoms with Crippen molar-refractivity contribution in [3.63, 3.8) is 0 Å². The van der Waals surface area contributed by atoms with E-state index in [-0.39, 0.29) is 28.1 Å². The van der Waals surface area contributed by atoms with E-state index in [4.69, 9.17) is 0 Å². The molecule has 3 rings (SSSR count). The Balaban J connectivity index is 2.01. The van der Waals surface area contributed by atoms with E-state index in [0.717, 1.165) is 12.1 Å². The minimum Gasteiger partial charge on any atom is -0.356 e. The lowest BCUT2D eigenvalue weighted by Gasteiger charge is -2.12. The van der Waals surface area contributed by atoms with Crippen LogP contribution in [0, 0.1) is 15.9 Å². The molecule has 3 aromatic rings. The molecule has 0 saturated heterocycles. The Morgan fingerprint density at radius 2 is 1.94 bits per heavy atom. The van der Waals surface area contributed by atoms with E-state index in [1.807, 2.05) is 0 Å². The van der Waals surface area contributed by atoms with Gasteiger partial charge in [0, 0.05) is 26.0 Å². The maximum absolute atomic E-state index is 14.6. The van der Waals surface area contributed by atoms with E-state index in [0.29, 0.717) is 36.6 Å². The number of benzene rings is 2. The van der Waals surface area contributed by atoms with Gasteiger partial charge in [-0.05, 0) is 42.4 Å². The van der Waals surface area contributed by atoms with E-state index < -0.39 is 28.2 Å². The Bertz CT molecular complexity index is 1180. The molecule has 0 aliphatic heterocycles. The second kappa shape index (κ2) is 9.98. The highest BCUT2D eigenvalue weighted by atomic mass is 32.2. The average molecular weight is 483 g/mol. The number of nitrogens with zero attached hydrogens (tertiary/aromatic N) is 4. The van der Waals surface area contributed by atoms with E-state index in [1.54, 1.807) is 6.07 Å². The number of hydrogen-bond acceptors (Lipinski definition) is 6. The van der Waals surface area contributed by atoms with Gasteiger partial charge in [0.15, 0.2) is 0 Å². The van der Waals surface area contributed by atoms with Crippen molar-refractivity contribution in [2.24, 2.45) is 0 Å². The normalized spacial score (nSPS) is 11.4. The first-order valence-corrected chi connectivity index (χ1v) is 10.4. The number of rotatable bonds is 8. The predicted octanol–water partition coefficient (Wildman–Crippen LogP) is 4.55. The summed E-state index contributed by atoms with van der Waals surface area (Å²) in [5.41, 5.74) is -1.84. The summed E-state index contributed by atoms with van der Waals surface area (Å²) >= 11 is 0.701. The molecule has 2 aromatic carbocycles. The van der Waals surface area contributed by atoms with Gasteiger partial charge in [-0.1, -0.05) is 12.1 Å².